The van der Waals surface area contributed by atoms with Gasteiger partial charge in [-0.05, 0) is 62.6 Å². The molecule has 6 heteroatoms. The lowest BCUT2D eigenvalue weighted by Crippen LogP contribution is -2.39. The molecule has 1 aromatic heterocycles. The van der Waals surface area contributed by atoms with Crippen LogP contribution < -0.4 is 5.32 Å². The lowest BCUT2D eigenvalue weighted by molar-refractivity contribution is 0.0949. The summed E-state index contributed by atoms with van der Waals surface area (Å²) in [5, 5.41) is 15.1. The minimum Gasteiger partial charge on any atom is -0.494 e. The molecule has 1 atom stereocenters. The standard InChI is InChI=1S/C25H30FN3O2/c1-18-6-2-3-12-28(18)13-5-11-27-24(30)20-9-10-21-17-29(25(31)23(21)15-20)16-19-7-4-8-22(26)14-19/h4,7-10,14-15,17-18,31H,2-3,5-6,11-13,16H2,1H3,(H,27,30). The topological polar surface area (TPSA) is 57.5 Å². The van der Waals surface area contributed by atoms with Crippen molar-refractivity contribution in [3.8, 4) is 5.88 Å². The third-order valence-electron chi connectivity index (χ3n) is 6.21. The van der Waals surface area contributed by atoms with E-state index < -0.39 is 0 Å². The SMILES string of the molecule is CC1CCCCN1CCCNC(=O)c1ccc2cn(Cc3cccc(F)c3)c(O)c2c1. The number of nitrogens with one attached hydrogen (secondary N) is 1. The van der Waals surface area contributed by atoms with Gasteiger partial charge in [-0.3, -0.25) is 4.79 Å². The maximum atomic E-state index is 13.5. The van der Waals surface area contributed by atoms with E-state index in [1.54, 1.807) is 22.8 Å². The van der Waals surface area contributed by atoms with E-state index in [2.05, 4.69) is 17.1 Å². The zero-order chi connectivity index (χ0) is 21.8. The number of rotatable bonds is 7. The Labute approximate surface area is 182 Å². The normalized spacial score (nSPS) is 17.2. The van der Waals surface area contributed by atoms with E-state index in [-0.39, 0.29) is 17.6 Å². The van der Waals surface area contributed by atoms with E-state index in [0.29, 0.717) is 30.1 Å². The van der Waals surface area contributed by atoms with Gasteiger partial charge < -0.3 is 19.9 Å². The van der Waals surface area contributed by atoms with Crippen LogP contribution in [0.5, 0.6) is 5.88 Å². The first-order chi connectivity index (χ1) is 15.0. The van der Waals surface area contributed by atoms with Crippen LogP contribution in [0.15, 0.2) is 48.7 Å². The summed E-state index contributed by atoms with van der Waals surface area (Å²) < 4.78 is 15.1. The van der Waals surface area contributed by atoms with Gasteiger partial charge in [0.25, 0.3) is 5.91 Å². The average molecular weight is 424 g/mol. The Morgan fingerprint density at radius 3 is 2.90 bits per heavy atom. The Bertz CT molecular complexity index is 1060. The predicted octanol–water partition coefficient (Wildman–Crippen LogP) is 4.53. The summed E-state index contributed by atoms with van der Waals surface area (Å²) in [6, 6.07) is 12.3. The van der Waals surface area contributed by atoms with Crippen molar-refractivity contribution in [3.05, 3.63) is 65.6 Å². The Morgan fingerprint density at radius 2 is 2.10 bits per heavy atom. The number of carbonyl (C=O) groups is 1. The highest BCUT2D eigenvalue weighted by Crippen LogP contribution is 2.29. The second-order valence-electron chi connectivity index (χ2n) is 8.50. The van der Waals surface area contributed by atoms with Crippen molar-refractivity contribution in [3.63, 3.8) is 0 Å². The van der Waals surface area contributed by atoms with Crippen molar-refractivity contribution in [1.29, 1.82) is 0 Å². The summed E-state index contributed by atoms with van der Waals surface area (Å²) in [6.45, 7) is 5.42. The molecule has 31 heavy (non-hydrogen) atoms. The summed E-state index contributed by atoms with van der Waals surface area (Å²) in [6.07, 6.45) is 6.58. The zero-order valence-electron chi connectivity index (χ0n) is 18.0. The molecule has 0 aliphatic carbocycles. The van der Waals surface area contributed by atoms with Crippen molar-refractivity contribution in [2.75, 3.05) is 19.6 Å². The fourth-order valence-corrected chi connectivity index (χ4v) is 4.42. The van der Waals surface area contributed by atoms with Crippen LogP contribution in [-0.2, 0) is 6.54 Å². The van der Waals surface area contributed by atoms with Gasteiger partial charge in [-0.25, -0.2) is 4.39 Å². The zero-order valence-corrected chi connectivity index (χ0v) is 18.0. The number of halogens is 1. The van der Waals surface area contributed by atoms with Crippen LogP contribution in [0.1, 0.15) is 48.5 Å². The second kappa shape index (κ2) is 9.52. The fourth-order valence-electron chi connectivity index (χ4n) is 4.42. The minimum absolute atomic E-state index is 0.0768. The van der Waals surface area contributed by atoms with Crippen molar-refractivity contribution < 1.29 is 14.3 Å². The van der Waals surface area contributed by atoms with E-state index in [1.807, 2.05) is 18.3 Å². The lowest BCUT2D eigenvalue weighted by atomic mass is 10.0. The summed E-state index contributed by atoms with van der Waals surface area (Å²) in [5.41, 5.74) is 1.29. The number of piperidine rings is 1. The molecule has 0 bridgehead atoms. The van der Waals surface area contributed by atoms with Gasteiger partial charge in [0.1, 0.15) is 5.82 Å². The third-order valence-corrected chi connectivity index (χ3v) is 6.21. The van der Waals surface area contributed by atoms with Crippen LogP contribution in [0, 0.1) is 5.82 Å². The van der Waals surface area contributed by atoms with Crippen LogP contribution in [0.25, 0.3) is 10.8 Å². The Morgan fingerprint density at radius 1 is 1.23 bits per heavy atom. The fraction of sp³-hybridized carbons (Fsp3) is 0.400. The first-order valence-electron chi connectivity index (χ1n) is 11.1. The number of likely N-dealkylation sites (tertiary alicyclic amines) is 1. The molecule has 1 aliphatic heterocycles. The van der Waals surface area contributed by atoms with Crippen molar-refractivity contribution in [2.45, 2.75) is 45.2 Å². The van der Waals surface area contributed by atoms with Crippen molar-refractivity contribution in [1.82, 2.24) is 14.8 Å². The quantitative estimate of drug-likeness (QED) is 0.549. The van der Waals surface area contributed by atoms with Gasteiger partial charge >= 0.3 is 0 Å². The molecule has 5 nitrogen and oxygen atoms in total. The maximum Gasteiger partial charge on any atom is 0.251 e. The highest BCUT2D eigenvalue weighted by Gasteiger charge is 2.17. The third kappa shape index (κ3) is 5.07. The van der Waals surface area contributed by atoms with Crippen molar-refractivity contribution in [2.24, 2.45) is 0 Å². The van der Waals surface area contributed by atoms with Crippen LogP contribution in [0.2, 0.25) is 0 Å². The molecule has 0 spiro atoms. The molecule has 2 N–H and O–H groups in total. The molecule has 1 saturated heterocycles. The van der Waals surface area contributed by atoms with E-state index in [1.165, 1.54) is 31.4 Å². The van der Waals surface area contributed by atoms with Gasteiger partial charge in [0.05, 0.1) is 6.54 Å². The van der Waals surface area contributed by atoms with Gasteiger partial charge in [0.15, 0.2) is 5.88 Å². The number of hydrogen-bond acceptors (Lipinski definition) is 3. The summed E-state index contributed by atoms with van der Waals surface area (Å²) in [4.78, 5) is 15.1. The number of aromatic hydroxyl groups is 1. The van der Waals surface area contributed by atoms with Crippen LogP contribution >= 0.6 is 0 Å². The molecule has 3 aromatic rings. The number of hydrogen-bond donors (Lipinski definition) is 2. The number of amides is 1. The lowest BCUT2D eigenvalue weighted by Gasteiger charge is -2.33. The van der Waals surface area contributed by atoms with E-state index in [9.17, 15) is 14.3 Å². The Balaban J connectivity index is 1.37. The number of fused-ring (bicyclic) bond motifs is 1. The molecular weight excluding hydrogens is 393 g/mol. The van der Waals surface area contributed by atoms with Gasteiger partial charge in [-0.2, -0.15) is 0 Å². The number of benzene rings is 2. The summed E-state index contributed by atoms with van der Waals surface area (Å²) in [7, 11) is 0. The highest BCUT2D eigenvalue weighted by molar-refractivity contribution is 6.00. The number of aromatic nitrogens is 1. The van der Waals surface area contributed by atoms with Crippen LogP contribution in [0.3, 0.4) is 0 Å². The first-order valence-corrected chi connectivity index (χ1v) is 11.1. The van der Waals surface area contributed by atoms with Crippen molar-refractivity contribution >= 4 is 16.7 Å². The molecule has 0 radical (unpaired) electrons. The second-order valence-corrected chi connectivity index (χ2v) is 8.50. The molecule has 2 aromatic carbocycles. The smallest absolute Gasteiger partial charge is 0.251 e. The molecule has 1 unspecified atom stereocenters. The average Bonchev–Trinajstić information content (AvgIpc) is 3.07. The molecule has 2 heterocycles. The van der Waals surface area contributed by atoms with Gasteiger partial charge in [0, 0.05) is 41.7 Å². The first kappa shape index (κ1) is 21.4. The summed E-state index contributed by atoms with van der Waals surface area (Å²) >= 11 is 0. The van der Waals surface area contributed by atoms with Crippen LogP contribution in [-0.4, -0.2) is 46.2 Å². The van der Waals surface area contributed by atoms with Crippen LogP contribution in [0.4, 0.5) is 4.39 Å². The molecule has 1 fully saturated rings. The van der Waals surface area contributed by atoms with Gasteiger partial charge in [-0.15, -0.1) is 0 Å². The molecule has 4 rings (SSSR count). The Kier molecular flexibility index (Phi) is 6.56. The minimum atomic E-state index is -0.303. The predicted molar refractivity (Wildman–Crippen MR) is 121 cm³/mol. The summed E-state index contributed by atoms with van der Waals surface area (Å²) in [5.74, 6) is -0.360. The number of nitrogens with zero attached hydrogens (tertiary/aromatic N) is 2. The molecule has 1 aliphatic rings. The molecule has 0 saturated carbocycles. The molecule has 164 valence electrons. The van der Waals surface area contributed by atoms with Gasteiger partial charge in [-0.1, -0.05) is 24.6 Å². The Hall–Kier alpha value is -2.86. The molecule has 1 amide bonds. The maximum absolute atomic E-state index is 13.5. The van der Waals surface area contributed by atoms with E-state index >= 15 is 0 Å². The number of carbonyl (C=O) groups excluding carboxylic acids is 1. The van der Waals surface area contributed by atoms with E-state index in [0.717, 1.165) is 30.5 Å². The largest absolute Gasteiger partial charge is 0.494 e. The monoisotopic (exact) mass is 423 g/mol. The highest BCUT2D eigenvalue weighted by atomic mass is 19.1. The van der Waals surface area contributed by atoms with Gasteiger partial charge in [0.2, 0.25) is 0 Å². The van der Waals surface area contributed by atoms with E-state index in [4.69, 9.17) is 0 Å². The molecular formula is C25H30FN3O2.